The molecule has 1 aliphatic rings. The first-order valence-electron chi connectivity index (χ1n) is 11.6. The quantitative estimate of drug-likeness (QED) is 0.343. The van der Waals surface area contributed by atoms with Gasteiger partial charge in [0.15, 0.2) is 5.69 Å². The highest BCUT2D eigenvalue weighted by Gasteiger charge is 2.33. The molecule has 0 aliphatic carbocycles. The smallest absolute Gasteiger partial charge is 0.228 e. The number of hydrogen-bond acceptors (Lipinski definition) is 6. The van der Waals surface area contributed by atoms with Gasteiger partial charge in [-0.3, -0.25) is 4.68 Å². The summed E-state index contributed by atoms with van der Waals surface area (Å²) >= 11 is 13.2. The molecule has 1 fully saturated rings. The van der Waals surface area contributed by atoms with Crippen molar-refractivity contribution in [3.8, 4) is 17.2 Å². The minimum atomic E-state index is -0.386. The summed E-state index contributed by atoms with van der Waals surface area (Å²) in [5.41, 5.74) is 10.5. The monoisotopic (exact) mass is 516 g/mol. The maximum atomic E-state index is 10.0. The minimum Gasteiger partial charge on any atom is -0.345 e. The predicted octanol–water partition coefficient (Wildman–Crippen LogP) is 5.14. The zero-order valence-corrected chi connectivity index (χ0v) is 21.0. The number of benzene rings is 2. The highest BCUT2D eigenvalue weighted by Crippen LogP contribution is 2.41. The maximum Gasteiger partial charge on any atom is 0.228 e. The van der Waals surface area contributed by atoms with E-state index in [9.17, 15) is 5.26 Å². The molecule has 0 saturated carbocycles. The van der Waals surface area contributed by atoms with Gasteiger partial charge in [-0.15, -0.1) is 0 Å². The van der Waals surface area contributed by atoms with Crippen LogP contribution >= 0.6 is 23.2 Å². The molecular weight excluding hydrogens is 495 g/mol. The molecule has 0 bridgehead atoms. The van der Waals surface area contributed by atoms with Crippen LogP contribution in [0.25, 0.3) is 33.1 Å². The van der Waals surface area contributed by atoms with Crippen LogP contribution in [0.3, 0.4) is 0 Å². The Balaban J connectivity index is 1.37. The van der Waals surface area contributed by atoms with Crippen LogP contribution in [0.5, 0.6) is 0 Å². The largest absolute Gasteiger partial charge is 0.345 e. The van der Waals surface area contributed by atoms with Gasteiger partial charge in [0.2, 0.25) is 5.95 Å². The second kappa shape index (κ2) is 8.49. The molecule has 2 aromatic carbocycles. The molecule has 1 saturated heterocycles. The van der Waals surface area contributed by atoms with Crippen molar-refractivity contribution in [3.63, 3.8) is 0 Å². The highest BCUT2D eigenvalue weighted by atomic mass is 35.5. The number of aryl methyl sites for hydroxylation is 1. The minimum absolute atomic E-state index is 0.285. The molecule has 8 nitrogen and oxygen atoms in total. The topological polar surface area (TPSA) is 112 Å². The van der Waals surface area contributed by atoms with Crippen molar-refractivity contribution >= 4 is 51.1 Å². The molecule has 3 aromatic heterocycles. The van der Waals surface area contributed by atoms with E-state index in [0.717, 1.165) is 29.5 Å². The first-order chi connectivity index (χ1) is 17.4. The van der Waals surface area contributed by atoms with Crippen LogP contribution in [0.4, 0.5) is 5.95 Å². The first kappa shape index (κ1) is 22.8. The number of H-pyrrole nitrogens is 1. The number of halogens is 2. The van der Waals surface area contributed by atoms with Gasteiger partial charge >= 0.3 is 0 Å². The summed E-state index contributed by atoms with van der Waals surface area (Å²) in [6.07, 6.45) is 3.33. The fraction of sp³-hybridized carbons (Fsp3) is 0.231. The Labute approximate surface area is 217 Å². The lowest BCUT2D eigenvalue weighted by Gasteiger charge is -2.39. The fourth-order valence-corrected chi connectivity index (χ4v) is 5.67. The molecule has 6 rings (SSSR count). The third kappa shape index (κ3) is 3.51. The molecule has 180 valence electrons. The molecule has 0 unspecified atom stereocenters. The molecule has 36 heavy (non-hydrogen) atoms. The van der Waals surface area contributed by atoms with Crippen molar-refractivity contribution in [2.75, 3.05) is 18.0 Å². The number of piperidine rings is 1. The van der Waals surface area contributed by atoms with Crippen LogP contribution in [0.15, 0.2) is 48.7 Å². The summed E-state index contributed by atoms with van der Waals surface area (Å²) in [5, 5.41) is 16.6. The van der Waals surface area contributed by atoms with Gasteiger partial charge in [-0.05, 0) is 24.5 Å². The predicted molar refractivity (Wildman–Crippen MR) is 142 cm³/mol. The standard InChI is InChI=1S/C26H22Cl2N8/c1-35-23(28)21-18(34-35)8-7-16(22(21)27)17-14-31-24-20(17)19(13-29)32-25(33-24)36-11-9-26(30,10-12-36)15-5-3-2-4-6-15/h2-8,14H,9-12,30H2,1H3,(H,31,32,33). The zero-order valence-electron chi connectivity index (χ0n) is 19.5. The Bertz CT molecular complexity index is 1660. The lowest BCUT2D eigenvalue weighted by Crippen LogP contribution is -2.48. The van der Waals surface area contributed by atoms with Gasteiger partial charge in [-0.25, -0.2) is 4.98 Å². The van der Waals surface area contributed by atoms with E-state index >= 15 is 0 Å². The third-order valence-electron chi connectivity index (χ3n) is 7.07. The number of rotatable bonds is 3. The van der Waals surface area contributed by atoms with Gasteiger partial charge in [0.1, 0.15) is 16.9 Å². The SMILES string of the molecule is Cn1nc2ccc(-c3c[nH]c4nc(N5CCC(N)(c6ccccc6)CC5)nc(C#N)c34)c(Cl)c2c1Cl. The van der Waals surface area contributed by atoms with Crippen molar-refractivity contribution in [1.82, 2.24) is 24.7 Å². The summed E-state index contributed by atoms with van der Waals surface area (Å²) in [4.78, 5) is 14.7. The van der Waals surface area contributed by atoms with E-state index in [1.807, 2.05) is 30.3 Å². The second-order valence-corrected chi connectivity index (χ2v) is 9.89. The number of nitrogens with one attached hydrogen (secondary N) is 1. The van der Waals surface area contributed by atoms with Gasteiger partial charge in [0.25, 0.3) is 0 Å². The Morgan fingerprint density at radius 1 is 1.03 bits per heavy atom. The number of nitrogens with two attached hydrogens (primary N) is 1. The van der Waals surface area contributed by atoms with Crippen molar-refractivity contribution in [3.05, 3.63) is 70.1 Å². The van der Waals surface area contributed by atoms with Crippen molar-refractivity contribution in [1.29, 1.82) is 5.26 Å². The molecule has 0 spiro atoms. The van der Waals surface area contributed by atoms with Gasteiger partial charge in [0.05, 0.1) is 21.3 Å². The number of nitriles is 1. The maximum absolute atomic E-state index is 10.0. The average molecular weight is 517 g/mol. The van der Waals surface area contributed by atoms with Crippen molar-refractivity contribution in [2.24, 2.45) is 12.8 Å². The van der Waals surface area contributed by atoms with Crippen molar-refractivity contribution < 1.29 is 0 Å². The van der Waals surface area contributed by atoms with E-state index in [0.29, 0.717) is 51.1 Å². The Kier molecular flexibility index (Phi) is 5.38. The molecule has 0 radical (unpaired) electrons. The highest BCUT2D eigenvalue weighted by molar-refractivity contribution is 6.43. The molecule has 1 aliphatic heterocycles. The molecule has 3 N–H and O–H groups in total. The van der Waals surface area contributed by atoms with E-state index in [1.165, 1.54) is 0 Å². The fourth-order valence-electron chi connectivity index (χ4n) is 5.04. The van der Waals surface area contributed by atoms with Gasteiger partial charge in [-0.1, -0.05) is 59.6 Å². The van der Waals surface area contributed by atoms with Crippen LogP contribution in [-0.2, 0) is 12.6 Å². The van der Waals surface area contributed by atoms with E-state index < -0.39 is 0 Å². The van der Waals surface area contributed by atoms with Gasteiger partial charge in [0, 0.05) is 43.0 Å². The summed E-state index contributed by atoms with van der Waals surface area (Å²) in [6.45, 7) is 1.38. The van der Waals surface area contributed by atoms with Gasteiger partial charge < -0.3 is 15.6 Å². The number of aromatic amines is 1. The molecule has 10 heteroatoms. The summed E-state index contributed by atoms with van der Waals surface area (Å²) in [6, 6.07) is 16.2. The number of anilines is 1. The second-order valence-electron chi connectivity index (χ2n) is 9.15. The Morgan fingerprint density at radius 3 is 2.50 bits per heavy atom. The van der Waals surface area contributed by atoms with Crippen LogP contribution in [-0.4, -0.2) is 37.8 Å². The molecule has 5 aromatic rings. The number of nitrogens with zero attached hydrogens (tertiary/aromatic N) is 6. The van der Waals surface area contributed by atoms with Crippen LogP contribution < -0.4 is 10.6 Å². The lowest BCUT2D eigenvalue weighted by atomic mass is 9.82. The molecule has 4 heterocycles. The zero-order chi connectivity index (χ0) is 25.0. The molecule has 0 amide bonds. The first-order valence-corrected chi connectivity index (χ1v) is 12.3. The van der Waals surface area contributed by atoms with Crippen LogP contribution in [0, 0.1) is 11.3 Å². The van der Waals surface area contributed by atoms with Crippen LogP contribution in [0.2, 0.25) is 10.2 Å². The average Bonchev–Trinajstić information content (AvgIpc) is 3.45. The number of aromatic nitrogens is 5. The van der Waals surface area contributed by atoms with Gasteiger partial charge in [-0.2, -0.15) is 15.3 Å². The Morgan fingerprint density at radius 2 is 1.78 bits per heavy atom. The van der Waals surface area contributed by atoms with Crippen LogP contribution in [0.1, 0.15) is 24.1 Å². The third-order valence-corrected chi connectivity index (χ3v) is 7.90. The lowest BCUT2D eigenvalue weighted by molar-refractivity contribution is 0.340. The Hall–Kier alpha value is -3.64. The molecule has 0 atom stereocenters. The number of fused-ring (bicyclic) bond motifs is 2. The van der Waals surface area contributed by atoms with E-state index in [2.05, 4.69) is 38.2 Å². The van der Waals surface area contributed by atoms with E-state index in [-0.39, 0.29) is 11.2 Å². The van der Waals surface area contributed by atoms with E-state index in [1.54, 1.807) is 17.9 Å². The summed E-state index contributed by atoms with van der Waals surface area (Å²) < 4.78 is 1.58. The normalized spacial score (nSPS) is 15.5. The molecular formula is C26H22Cl2N8. The number of hydrogen-bond donors (Lipinski definition) is 2. The van der Waals surface area contributed by atoms with Crippen molar-refractivity contribution in [2.45, 2.75) is 18.4 Å². The van der Waals surface area contributed by atoms with E-state index in [4.69, 9.17) is 33.9 Å². The summed E-state index contributed by atoms with van der Waals surface area (Å²) in [5.74, 6) is 0.513. The summed E-state index contributed by atoms with van der Waals surface area (Å²) in [7, 11) is 1.77.